The Morgan fingerprint density at radius 1 is 0.722 bits per heavy atom. The number of benzene rings is 2. The molecule has 0 radical (unpaired) electrons. The average molecular weight is 509 g/mol. The predicted molar refractivity (Wildman–Crippen MR) is 160 cm³/mol. The Morgan fingerprint density at radius 3 is 1.56 bits per heavy atom. The van der Waals surface area contributed by atoms with Crippen molar-refractivity contribution in [3.8, 4) is 22.6 Å². The van der Waals surface area contributed by atoms with Gasteiger partial charge in [-0.05, 0) is 75.3 Å². The van der Waals surface area contributed by atoms with E-state index >= 15 is 0 Å². The van der Waals surface area contributed by atoms with Crippen molar-refractivity contribution in [1.82, 2.24) is 0 Å². The number of hydrogen-bond donors (Lipinski definition) is 0. The SMILES string of the molecule is C=C1CC(C)(C)P(c2c(OC)ccc(OC)c2-c2c(C(C)C)cc(C(C)C)cc2C(C)C)C(C)(C)C1. The predicted octanol–water partition coefficient (Wildman–Crippen LogP) is 9.76. The molecule has 1 heterocycles. The third kappa shape index (κ3) is 5.26. The molecule has 0 bridgehead atoms. The van der Waals surface area contributed by atoms with Gasteiger partial charge in [0.25, 0.3) is 0 Å². The zero-order valence-corrected chi connectivity index (χ0v) is 25.8. The first-order valence-electron chi connectivity index (χ1n) is 13.6. The lowest BCUT2D eigenvalue weighted by Crippen LogP contribution is -2.41. The van der Waals surface area contributed by atoms with E-state index in [1.165, 1.54) is 38.7 Å². The molecule has 1 fully saturated rings. The molecule has 1 aliphatic heterocycles. The van der Waals surface area contributed by atoms with Crippen LogP contribution in [0.2, 0.25) is 0 Å². The second kappa shape index (κ2) is 10.5. The van der Waals surface area contributed by atoms with Gasteiger partial charge < -0.3 is 9.47 Å². The molecule has 3 heteroatoms. The van der Waals surface area contributed by atoms with E-state index < -0.39 is 7.92 Å². The van der Waals surface area contributed by atoms with E-state index in [-0.39, 0.29) is 10.3 Å². The summed E-state index contributed by atoms with van der Waals surface area (Å²) in [6, 6.07) is 9.14. The van der Waals surface area contributed by atoms with Gasteiger partial charge >= 0.3 is 0 Å². The van der Waals surface area contributed by atoms with Gasteiger partial charge in [0, 0.05) is 10.9 Å². The lowest BCUT2D eigenvalue weighted by Gasteiger charge is -2.51. The fraction of sp³-hybridized carbons (Fsp3) is 0.576. The van der Waals surface area contributed by atoms with Crippen molar-refractivity contribution < 1.29 is 9.47 Å². The van der Waals surface area contributed by atoms with Crippen LogP contribution in [0.3, 0.4) is 0 Å². The normalized spacial score (nSPS) is 17.8. The number of methoxy groups -OCH3 is 2. The highest BCUT2D eigenvalue weighted by Crippen LogP contribution is 2.68. The highest BCUT2D eigenvalue weighted by molar-refractivity contribution is 7.69. The summed E-state index contributed by atoms with van der Waals surface area (Å²) in [5.41, 5.74) is 8.19. The van der Waals surface area contributed by atoms with Gasteiger partial charge in [-0.25, -0.2) is 0 Å². The molecule has 2 aromatic rings. The Hall–Kier alpha value is -1.79. The first kappa shape index (κ1) is 28.8. The molecule has 0 N–H and O–H groups in total. The monoisotopic (exact) mass is 508 g/mol. The summed E-state index contributed by atoms with van der Waals surface area (Å²) in [5.74, 6) is 3.19. The molecule has 1 aliphatic rings. The van der Waals surface area contributed by atoms with Crippen molar-refractivity contribution >= 4 is 13.2 Å². The fourth-order valence-corrected chi connectivity index (χ4v) is 10.9. The zero-order valence-electron chi connectivity index (χ0n) is 24.9. The van der Waals surface area contributed by atoms with Crippen molar-refractivity contribution in [3.63, 3.8) is 0 Å². The number of hydrogen-bond acceptors (Lipinski definition) is 2. The Kier molecular flexibility index (Phi) is 8.41. The van der Waals surface area contributed by atoms with E-state index in [0.717, 1.165) is 24.3 Å². The summed E-state index contributed by atoms with van der Waals surface area (Å²) in [6.45, 7) is 28.1. The minimum Gasteiger partial charge on any atom is -0.496 e. The molecule has 2 aromatic carbocycles. The van der Waals surface area contributed by atoms with Crippen LogP contribution >= 0.6 is 7.92 Å². The van der Waals surface area contributed by atoms with Crippen molar-refractivity contribution in [2.45, 2.75) is 110 Å². The molecule has 0 aliphatic carbocycles. The third-order valence-electron chi connectivity index (χ3n) is 7.72. The number of allylic oxidation sites excluding steroid dienone is 1. The summed E-state index contributed by atoms with van der Waals surface area (Å²) in [6.07, 6.45) is 2.09. The lowest BCUT2D eigenvalue weighted by atomic mass is 9.81. The molecule has 0 unspecified atom stereocenters. The van der Waals surface area contributed by atoms with E-state index in [9.17, 15) is 0 Å². The van der Waals surface area contributed by atoms with E-state index in [0.29, 0.717) is 17.8 Å². The molecule has 198 valence electrons. The van der Waals surface area contributed by atoms with Crippen LogP contribution in [-0.4, -0.2) is 24.5 Å². The smallest absolute Gasteiger partial charge is 0.127 e. The minimum atomic E-state index is -0.622. The second-order valence-electron chi connectivity index (χ2n) is 12.8. The van der Waals surface area contributed by atoms with Gasteiger partial charge in [0.15, 0.2) is 0 Å². The molecule has 0 aromatic heterocycles. The van der Waals surface area contributed by atoms with Crippen LogP contribution in [0.5, 0.6) is 11.5 Å². The molecule has 1 saturated heterocycles. The molecule has 0 spiro atoms. The van der Waals surface area contributed by atoms with E-state index in [1.54, 1.807) is 0 Å². The lowest BCUT2D eigenvalue weighted by molar-refractivity contribution is 0.406. The maximum atomic E-state index is 6.17. The average Bonchev–Trinajstić information content (AvgIpc) is 2.75. The molecular weight excluding hydrogens is 459 g/mol. The highest BCUT2D eigenvalue weighted by Gasteiger charge is 2.48. The van der Waals surface area contributed by atoms with Gasteiger partial charge in [0.2, 0.25) is 0 Å². The summed E-state index contributed by atoms with van der Waals surface area (Å²) < 4.78 is 12.3. The van der Waals surface area contributed by atoms with Crippen LogP contribution in [0.4, 0.5) is 0 Å². The largest absolute Gasteiger partial charge is 0.496 e. The van der Waals surface area contributed by atoms with Crippen molar-refractivity contribution in [3.05, 3.63) is 53.1 Å². The van der Waals surface area contributed by atoms with Crippen LogP contribution < -0.4 is 14.8 Å². The van der Waals surface area contributed by atoms with Crippen molar-refractivity contribution in [2.24, 2.45) is 0 Å². The van der Waals surface area contributed by atoms with Gasteiger partial charge in [-0.3, -0.25) is 0 Å². The van der Waals surface area contributed by atoms with Crippen LogP contribution in [0.1, 0.15) is 117 Å². The standard InChI is InChI=1S/C33H49O2P/c1-20(2)24-16-25(21(3)4)29(26(17-24)22(5)6)30-27(34-12)14-15-28(35-13)31(30)36-32(8,9)18-23(7)19-33(36,10)11/h14-17,20-22H,7,18-19H2,1-6,8-13H3. The topological polar surface area (TPSA) is 18.5 Å². The summed E-state index contributed by atoms with van der Waals surface area (Å²) >= 11 is 0. The van der Waals surface area contributed by atoms with E-state index in [1.807, 2.05) is 14.2 Å². The molecule has 2 nitrogen and oxygen atoms in total. The highest BCUT2D eigenvalue weighted by atomic mass is 31.1. The van der Waals surface area contributed by atoms with Crippen LogP contribution in [0.25, 0.3) is 11.1 Å². The maximum absolute atomic E-state index is 6.17. The molecule has 0 atom stereocenters. The van der Waals surface area contributed by atoms with E-state index in [2.05, 4.69) is 100 Å². The number of rotatable bonds is 7. The van der Waals surface area contributed by atoms with Crippen LogP contribution in [-0.2, 0) is 0 Å². The van der Waals surface area contributed by atoms with Gasteiger partial charge in [-0.15, -0.1) is 0 Å². The Balaban J connectivity index is 2.56. The van der Waals surface area contributed by atoms with Gasteiger partial charge in [0.1, 0.15) is 11.5 Å². The first-order chi connectivity index (χ1) is 16.7. The van der Waals surface area contributed by atoms with Crippen molar-refractivity contribution in [2.75, 3.05) is 14.2 Å². The quantitative estimate of drug-likeness (QED) is 0.274. The molecule has 3 rings (SSSR count). The second-order valence-corrected chi connectivity index (χ2v) is 16.3. The van der Waals surface area contributed by atoms with Gasteiger partial charge in [0.05, 0.1) is 14.2 Å². The summed E-state index contributed by atoms with van der Waals surface area (Å²) in [7, 11) is 3.01. The van der Waals surface area contributed by atoms with Crippen molar-refractivity contribution in [1.29, 1.82) is 0 Å². The Morgan fingerprint density at radius 2 is 1.17 bits per heavy atom. The Bertz CT molecular complexity index is 1070. The molecular formula is C33H49O2P. The molecule has 0 saturated carbocycles. The Labute approximate surface area is 222 Å². The van der Waals surface area contributed by atoms with Gasteiger partial charge in [-0.1, -0.05) is 101 Å². The van der Waals surface area contributed by atoms with Gasteiger partial charge in [-0.2, -0.15) is 0 Å². The van der Waals surface area contributed by atoms with Crippen LogP contribution in [0, 0.1) is 0 Å². The van der Waals surface area contributed by atoms with Crippen LogP contribution in [0.15, 0.2) is 36.4 Å². The molecule has 36 heavy (non-hydrogen) atoms. The number of ether oxygens (including phenoxy) is 2. The zero-order chi connectivity index (χ0) is 27.2. The summed E-state index contributed by atoms with van der Waals surface area (Å²) in [4.78, 5) is 0. The maximum Gasteiger partial charge on any atom is 0.127 e. The minimum absolute atomic E-state index is 0.0937. The third-order valence-corrected chi connectivity index (χ3v) is 11.4. The fourth-order valence-electron chi connectivity index (χ4n) is 6.47. The summed E-state index contributed by atoms with van der Waals surface area (Å²) in [5, 5.41) is 1.54. The molecule has 0 amide bonds. The van der Waals surface area contributed by atoms with E-state index in [4.69, 9.17) is 9.47 Å². The first-order valence-corrected chi connectivity index (χ1v) is 14.9.